The SMILES string of the molecule is CCNc1nc(-c2cccc3ccccc23)c(Cl)cc1Cl. The molecule has 4 heteroatoms. The summed E-state index contributed by atoms with van der Waals surface area (Å²) in [5.74, 6) is 0.659. The predicted octanol–water partition coefficient (Wildman–Crippen LogP) is 5.64. The minimum Gasteiger partial charge on any atom is -0.369 e. The highest BCUT2D eigenvalue weighted by atomic mass is 35.5. The van der Waals surface area contributed by atoms with Crippen molar-refractivity contribution in [2.45, 2.75) is 6.92 Å². The Balaban J connectivity index is 2.25. The van der Waals surface area contributed by atoms with Crippen LogP contribution in [0.1, 0.15) is 6.92 Å². The summed E-state index contributed by atoms with van der Waals surface area (Å²) >= 11 is 12.5. The van der Waals surface area contributed by atoms with Crippen LogP contribution in [0, 0.1) is 0 Å². The monoisotopic (exact) mass is 316 g/mol. The van der Waals surface area contributed by atoms with Gasteiger partial charge in [0.1, 0.15) is 5.82 Å². The first-order valence-electron chi connectivity index (χ1n) is 6.78. The van der Waals surface area contributed by atoms with Crippen molar-refractivity contribution in [2.24, 2.45) is 0 Å². The van der Waals surface area contributed by atoms with Crippen molar-refractivity contribution in [3.05, 3.63) is 58.6 Å². The number of halogens is 2. The minimum absolute atomic E-state index is 0.533. The number of rotatable bonds is 3. The molecule has 0 unspecified atom stereocenters. The summed E-state index contributed by atoms with van der Waals surface area (Å²) in [7, 11) is 0. The molecule has 0 saturated carbocycles. The molecule has 1 N–H and O–H groups in total. The van der Waals surface area contributed by atoms with Gasteiger partial charge in [0.15, 0.2) is 0 Å². The van der Waals surface area contributed by atoms with E-state index in [1.807, 2.05) is 31.2 Å². The molecule has 1 heterocycles. The van der Waals surface area contributed by atoms with Gasteiger partial charge in [0.05, 0.1) is 15.7 Å². The van der Waals surface area contributed by atoms with Gasteiger partial charge in [-0.1, -0.05) is 65.7 Å². The second-order valence-electron chi connectivity index (χ2n) is 4.71. The fraction of sp³-hybridized carbons (Fsp3) is 0.118. The Kier molecular flexibility index (Phi) is 4.00. The number of aromatic nitrogens is 1. The van der Waals surface area contributed by atoms with E-state index in [9.17, 15) is 0 Å². The summed E-state index contributed by atoms with van der Waals surface area (Å²) in [5, 5.41) is 6.53. The molecule has 1 aromatic heterocycles. The first-order chi connectivity index (χ1) is 10.2. The highest BCUT2D eigenvalue weighted by Crippen LogP contribution is 2.35. The molecule has 21 heavy (non-hydrogen) atoms. The van der Waals surface area contributed by atoms with Crippen LogP contribution >= 0.6 is 23.2 Å². The predicted molar refractivity (Wildman–Crippen MR) is 91.4 cm³/mol. The molecular formula is C17H14Cl2N2. The maximum Gasteiger partial charge on any atom is 0.145 e. The molecule has 0 aliphatic rings. The van der Waals surface area contributed by atoms with Crippen molar-refractivity contribution in [3.8, 4) is 11.3 Å². The number of nitrogens with one attached hydrogen (secondary N) is 1. The summed E-state index contributed by atoms with van der Waals surface area (Å²) in [6.45, 7) is 2.76. The van der Waals surface area contributed by atoms with Gasteiger partial charge < -0.3 is 5.32 Å². The molecule has 0 aliphatic carbocycles. The van der Waals surface area contributed by atoms with Crippen molar-refractivity contribution in [3.63, 3.8) is 0 Å². The van der Waals surface area contributed by atoms with Gasteiger partial charge in [0.2, 0.25) is 0 Å². The minimum atomic E-state index is 0.533. The van der Waals surface area contributed by atoms with Crippen LogP contribution in [0.5, 0.6) is 0 Å². The summed E-state index contributed by atoms with van der Waals surface area (Å²) in [4.78, 5) is 4.61. The highest BCUT2D eigenvalue weighted by Gasteiger charge is 2.13. The first-order valence-corrected chi connectivity index (χ1v) is 7.54. The van der Waals surface area contributed by atoms with E-state index in [1.165, 1.54) is 0 Å². The smallest absolute Gasteiger partial charge is 0.145 e. The summed E-state index contributed by atoms with van der Waals surface area (Å²) < 4.78 is 0. The maximum atomic E-state index is 6.36. The van der Waals surface area contributed by atoms with Gasteiger partial charge in [0, 0.05) is 12.1 Å². The van der Waals surface area contributed by atoms with E-state index in [1.54, 1.807) is 6.07 Å². The van der Waals surface area contributed by atoms with Crippen molar-refractivity contribution in [1.29, 1.82) is 0 Å². The van der Waals surface area contributed by atoms with Gasteiger partial charge in [-0.05, 0) is 23.8 Å². The Morgan fingerprint density at radius 1 is 1.00 bits per heavy atom. The van der Waals surface area contributed by atoms with Gasteiger partial charge in [-0.15, -0.1) is 0 Å². The number of pyridine rings is 1. The normalized spacial score (nSPS) is 10.8. The number of hydrogen-bond donors (Lipinski definition) is 1. The lowest BCUT2D eigenvalue weighted by Crippen LogP contribution is -2.01. The molecule has 0 amide bonds. The Morgan fingerprint density at radius 2 is 1.76 bits per heavy atom. The van der Waals surface area contributed by atoms with E-state index in [2.05, 4.69) is 28.5 Å². The van der Waals surface area contributed by atoms with E-state index in [0.29, 0.717) is 15.9 Å². The van der Waals surface area contributed by atoms with Crippen LogP contribution in [0.15, 0.2) is 48.5 Å². The Bertz CT molecular complexity index is 795. The van der Waals surface area contributed by atoms with Gasteiger partial charge in [-0.2, -0.15) is 0 Å². The fourth-order valence-corrected chi connectivity index (χ4v) is 2.91. The number of nitrogens with zero attached hydrogens (tertiary/aromatic N) is 1. The molecule has 3 aromatic rings. The Morgan fingerprint density at radius 3 is 2.57 bits per heavy atom. The molecule has 0 saturated heterocycles. The van der Waals surface area contributed by atoms with Gasteiger partial charge in [-0.3, -0.25) is 0 Å². The van der Waals surface area contributed by atoms with Crippen LogP contribution in [0.2, 0.25) is 10.0 Å². The van der Waals surface area contributed by atoms with Gasteiger partial charge in [-0.25, -0.2) is 4.98 Å². The second-order valence-corrected chi connectivity index (χ2v) is 5.52. The average Bonchev–Trinajstić information content (AvgIpc) is 2.50. The molecule has 0 spiro atoms. The van der Waals surface area contributed by atoms with Crippen LogP contribution in [0.3, 0.4) is 0 Å². The summed E-state index contributed by atoms with van der Waals surface area (Å²) in [6.07, 6.45) is 0. The van der Waals surface area contributed by atoms with E-state index in [-0.39, 0.29) is 0 Å². The van der Waals surface area contributed by atoms with Crippen LogP contribution in [-0.2, 0) is 0 Å². The van der Waals surface area contributed by atoms with Gasteiger partial charge >= 0.3 is 0 Å². The third kappa shape index (κ3) is 2.69. The quantitative estimate of drug-likeness (QED) is 0.676. The zero-order chi connectivity index (χ0) is 14.8. The van der Waals surface area contributed by atoms with Crippen LogP contribution < -0.4 is 5.32 Å². The molecule has 0 radical (unpaired) electrons. The average molecular weight is 317 g/mol. The zero-order valence-corrected chi connectivity index (χ0v) is 13.0. The summed E-state index contributed by atoms with van der Waals surface area (Å²) in [5.41, 5.74) is 1.75. The number of hydrogen-bond acceptors (Lipinski definition) is 2. The maximum absolute atomic E-state index is 6.36. The number of anilines is 1. The van der Waals surface area contributed by atoms with Crippen LogP contribution in [0.4, 0.5) is 5.82 Å². The lowest BCUT2D eigenvalue weighted by molar-refractivity contribution is 1.16. The van der Waals surface area contributed by atoms with Crippen LogP contribution in [0.25, 0.3) is 22.0 Å². The molecule has 2 aromatic carbocycles. The van der Waals surface area contributed by atoms with Crippen molar-refractivity contribution in [1.82, 2.24) is 4.98 Å². The molecule has 0 bridgehead atoms. The molecule has 106 valence electrons. The van der Waals surface area contributed by atoms with Crippen molar-refractivity contribution in [2.75, 3.05) is 11.9 Å². The number of benzene rings is 2. The van der Waals surface area contributed by atoms with Crippen molar-refractivity contribution < 1.29 is 0 Å². The van der Waals surface area contributed by atoms with E-state index >= 15 is 0 Å². The summed E-state index contributed by atoms with van der Waals surface area (Å²) in [6, 6.07) is 16.0. The third-order valence-corrected chi connectivity index (χ3v) is 3.89. The van der Waals surface area contributed by atoms with Crippen molar-refractivity contribution >= 4 is 39.8 Å². The molecule has 0 aliphatic heterocycles. The standard InChI is InChI=1S/C17H14Cl2N2/c1-2-20-17-15(19)10-14(18)16(21-17)13-9-5-7-11-6-3-4-8-12(11)13/h3-10H,2H2,1H3,(H,20,21). The third-order valence-electron chi connectivity index (χ3n) is 3.32. The second kappa shape index (κ2) is 5.92. The molecule has 0 atom stereocenters. The van der Waals surface area contributed by atoms with Gasteiger partial charge in [0.25, 0.3) is 0 Å². The first kappa shape index (κ1) is 14.2. The Labute approximate surface area is 133 Å². The fourth-order valence-electron chi connectivity index (χ4n) is 2.38. The molecular weight excluding hydrogens is 303 g/mol. The largest absolute Gasteiger partial charge is 0.369 e. The topological polar surface area (TPSA) is 24.9 Å². The molecule has 2 nitrogen and oxygen atoms in total. The van der Waals surface area contributed by atoms with Crippen LogP contribution in [-0.4, -0.2) is 11.5 Å². The van der Waals surface area contributed by atoms with E-state index in [0.717, 1.165) is 28.6 Å². The van der Waals surface area contributed by atoms with E-state index in [4.69, 9.17) is 23.2 Å². The zero-order valence-electron chi connectivity index (χ0n) is 11.5. The number of fused-ring (bicyclic) bond motifs is 1. The Hall–Kier alpha value is -1.77. The van der Waals surface area contributed by atoms with E-state index < -0.39 is 0 Å². The lowest BCUT2D eigenvalue weighted by Gasteiger charge is -2.12. The highest BCUT2D eigenvalue weighted by molar-refractivity contribution is 6.37. The molecule has 0 fully saturated rings. The lowest BCUT2D eigenvalue weighted by atomic mass is 10.0. The molecule has 3 rings (SSSR count).